The lowest BCUT2D eigenvalue weighted by Gasteiger charge is -2.34. The molecule has 0 unspecified atom stereocenters. The van der Waals surface area contributed by atoms with Crippen molar-refractivity contribution in [2.45, 2.75) is 33.1 Å². The summed E-state index contributed by atoms with van der Waals surface area (Å²) in [5.41, 5.74) is 1.38. The maximum atomic E-state index is 13.2. The number of carbonyl (C=O) groups is 1. The van der Waals surface area contributed by atoms with Gasteiger partial charge in [0.05, 0.1) is 11.1 Å². The second-order valence-electron chi connectivity index (χ2n) is 7.44. The third-order valence-corrected chi connectivity index (χ3v) is 6.74. The molecule has 0 bridgehead atoms. The van der Waals surface area contributed by atoms with Crippen molar-refractivity contribution in [2.75, 3.05) is 26.2 Å². The minimum absolute atomic E-state index is 0.0135. The lowest BCUT2D eigenvalue weighted by Crippen LogP contribution is -2.48. The summed E-state index contributed by atoms with van der Waals surface area (Å²) in [6.07, 6.45) is -2.66. The van der Waals surface area contributed by atoms with Crippen molar-refractivity contribution in [3.05, 3.63) is 34.1 Å². The molecule has 1 fully saturated rings. The highest BCUT2D eigenvalue weighted by Gasteiger charge is 2.38. The second kappa shape index (κ2) is 7.69. The third kappa shape index (κ3) is 3.71. The van der Waals surface area contributed by atoms with Crippen LogP contribution in [0.4, 0.5) is 13.2 Å². The quantitative estimate of drug-likeness (QED) is 0.626. The van der Waals surface area contributed by atoms with Crippen LogP contribution in [0.5, 0.6) is 0 Å². The molecular weight excluding hydrogens is 417 g/mol. The Hall–Kier alpha value is -2.40. The number of aryl methyl sites for hydroxylation is 2. The normalized spacial score (nSPS) is 16.0. The number of thiophene rings is 1. The van der Waals surface area contributed by atoms with E-state index in [1.54, 1.807) is 4.90 Å². The van der Waals surface area contributed by atoms with Crippen LogP contribution in [-0.4, -0.2) is 61.4 Å². The van der Waals surface area contributed by atoms with E-state index in [1.165, 1.54) is 23.4 Å². The van der Waals surface area contributed by atoms with E-state index in [0.29, 0.717) is 35.9 Å². The maximum absolute atomic E-state index is 13.2. The number of rotatable bonds is 4. The summed E-state index contributed by atoms with van der Waals surface area (Å²) in [5, 5.41) is 7.92. The Kier molecular flexibility index (Phi) is 5.35. The molecule has 3 aromatic heterocycles. The van der Waals surface area contributed by atoms with Gasteiger partial charge in [-0.3, -0.25) is 19.1 Å². The van der Waals surface area contributed by atoms with E-state index in [2.05, 4.69) is 28.9 Å². The lowest BCUT2D eigenvalue weighted by molar-refractivity contribution is -0.140. The minimum atomic E-state index is -4.55. The molecule has 1 aliphatic heterocycles. The Morgan fingerprint density at radius 2 is 1.93 bits per heavy atom. The van der Waals surface area contributed by atoms with Gasteiger partial charge in [-0.25, -0.2) is 0 Å². The van der Waals surface area contributed by atoms with Crippen molar-refractivity contribution in [1.82, 2.24) is 29.4 Å². The van der Waals surface area contributed by atoms with Gasteiger partial charge in [-0.1, -0.05) is 0 Å². The highest BCUT2D eigenvalue weighted by Crippen LogP contribution is 2.37. The summed E-state index contributed by atoms with van der Waals surface area (Å²) in [6.45, 7) is 8.21. The van der Waals surface area contributed by atoms with Crippen LogP contribution in [0.25, 0.3) is 10.2 Å². The summed E-state index contributed by atoms with van der Waals surface area (Å²) in [5.74, 6) is -0.223. The molecule has 3 aromatic rings. The molecule has 4 rings (SSSR count). The van der Waals surface area contributed by atoms with Crippen LogP contribution in [0.2, 0.25) is 0 Å². The first-order valence-electron chi connectivity index (χ1n) is 9.75. The molecule has 7 nitrogen and oxygen atoms in total. The number of nitrogens with zero attached hydrogens (tertiary/aromatic N) is 6. The maximum Gasteiger partial charge on any atom is 0.435 e. The molecule has 0 aliphatic carbocycles. The SMILES string of the molecule is CCn1ncc(CN2CCN(C(=O)c3cc4c(C(F)(F)F)nn(C)c4s3)CC2)c1C. The van der Waals surface area contributed by atoms with E-state index >= 15 is 0 Å². The van der Waals surface area contributed by atoms with Gasteiger partial charge in [-0.2, -0.15) is 23.4 Å². The Bertz CT molecular complexity index is 1070. The molecule has 4 heterocycles. The Labute approximate surface area is 175 Å². The second-order valence-corrected chi connectivity index (χ2v) is 8.47. The topological polar surface area (TPSA) is 59.2 Å². The van der Waals surface area contributed by atoms with Crippen molar-refractivity contribution < 1.29 is 18.0 Å². The van der Waals surface area contributed by atoms with E-state index in [9.17, 15) is 18.0 Å². The van der Waals surface area contributed by atoms with Crippen molar-refractivity contribution in [3.8, 4) is 0 Å². The summed E-state index contributed by atoms with van der Waals surface area (Å²) >= 11 is 1.06. The van der Waals surface area contributed by atoms with Crippen molar-refractivity contribution in [3.63, 3.8) is 0 Å². The van der Waals surface area contributed by atoms with Gasteiger partial charge in [0.1, 0.15) is 4.83 Å². The predicted molar refractivity (Wildman–Crippen MR) is 107 cm³/mol. The largest absolute Gasteiger partial charge is 0.435 e. The molecule has 0 spiro atoms. The average Bonchev–Trinajstić information content (AvgIpc) is 3.37. The molecular formula is C19H23F3N6OS. The minimum Gasteiger partial charge on any atom is -0.335 e. The highest BCUT2D eigenvalue weighted by atomic mass is 32.1. The zero-order chi connectivity index (χ0) is 21.6. The Balaban J connectivity index is 1.43. The van der Waals surface area contributed by atoms with E-state index in [4.69, 9.17) is 0 Å². The predicted octanol–water partition coefficient (Wildman–Crippen LogP) is 3.14. The van der Waals surface area contributed by atoms with Crippen LogP contribution >= 0.6 is 11.3 Å². The molecule has 0 saturated carbocycles. The fraction of sp³-hybridized carbons (Fsp3) is 0.526. The average molecular weight is 440 g/mol. The molecule has 0 N–H and O–H groups in total. The number of carbonyl (C=O) groups excluding carboxylic acids is 1. The van der Waals surface area contributed by atoms with E-state index in [1.807, 2.05) is 10.9 Å². The fourth-order valence-corrected chi connectivity index (χ4v) is 4.86. The number of halogens is 3. The van der Waals surface area contributed by atoms with E-state index < -0.39 is 11.9 Å². The molecule has 11 heteroatoms. The third-order valence-electron chi connectivity index (χ3n) is 5.55. The van der Waals surface area contributed by atoms with Gasteiger partial charge in [-0.05, 0) is 19.9 Å². The van der Waals surface area contributed by atoms with Gasteiger partial charge in [0.2, 0.25) is 0 Å². The smallest absolute Gasteiger partial charge is 0.335 e. The summed E-state index contributed by atoms with van der Waals surface area (Å²) in [6, 6.07) is 1.33. The number of hydrogen-bond acceptors (Lipinski definition) is 5. The number of aromatic nitrogens is 4. The van der Waals surface area contributed by atoms with Crippen LogP contribution in [0.3, 0.4) is 0 Å². The van der Waals surface area contributed by atoms with Gasteiger partial charge in [0.15, 0.2) is 5.69 Å². The van der Waals surface area contributed by atoms with Crippen molar-refractivity contribution >= 4 is 27.5 Å². The first-order chi connectivity index (χ1) is 14.2. The molecule has 1 saturated heterocycles. The molecule has 0 radical (unpaired) electrons. The van der Waals surface area contributed by atoms with Gasteiger partial charge in [0, 0.05) is 63.0 Å². The highest BCUT2D eigenvalue weighted by molar-refractivity contribution is 7.20. The molecule has 0 atom stereocenters. The number of piperazine rings is 1. The van der Waals surface area contributed by atoms with Crippen LogP contribution in [0.1, 0.15) is 33.5 Å². The van der Waals surface area contributed by atoms with Crippen LogP contribution in [-0.2, 0) is 26.3 Å². The summed E-state index contributed by atoms with van der Waals surface area (Å²) in [7, 11) is 1.46. The van der Waals surface area contributed by atoms with Gasteiger partial charge in [-0.15, -0.1) is 11.3 Å². The van der Waals surface area contributed by atoms with E-state index in [-0.39, 0.29) is 11.3 Å². The first kappa shape index (κ1) is 20.9. The molecule has 1 amide bonds. The monoisotopic (exact) mass is 440 g/mol. The Morgan fingerprint density at radius 1 is 1.23 bits per heavy atom. The Morgan fingerprint density at radius 3 is 2.53 bits per heavy atom. The van der Waals surface area contributed by atoms with Crippen molar-refractivity contribution in [2.24, 2.45) is 7.05 Å². The van der Waals surface area contributed by atoms with Crippen LogP contribution in [0.15, 0.2) is 12.3 Å². The summed E-state index contributed by atoms with van der Waals surface area (Å²) in [4.78, 5) is 17.5. The van der Waals surface area contributed by atoms with Gasteiger partial charge >= 0.3 is 6.18 Å². The van der Waals surface area contributed by atoms with Gasteiger partial charge in [0.25, 0.3) is 5.91 Å². The first-order valence-corrected chi connectivity index (χ1v) is 10.6. The zero-order valence-corrected chi connectivity index (χ0v) is 17.8. The molecule has 162 valence electrons. The number of amides is 1. The molecule has 30 heavy (non-hydrogen) atoms. The standard InChI is InChI=1S/C19H23F3N6OS/c1-4-28-12(2)13(10-23-28)11-26-5-7-27(8-6-26)17(29)15-9-14-16(19(20,21)22)24-25(3)18(14)30-15/h9-10H,4-8,11H2,1-3H3. The number of fused-ring (bicyclic) bond motifs is 1. The van der Waals surface area contributed by atoms with Crippen LogP contribution < -0.4 is 0 Å². The number of hydrogen-bond donors (Lipinski definition) is 0. The number of alkyl halides is 3. The molecule has 1 aliphatic rings. The van der Waals surface area contributed by atoms with Crippen LogP contribution in [0, 0.1) is 6.92 Å². The molecule has 0 aromatic carbocycles. The van der Waals surface area contributed by atoms with Crippen molar-refractivity contribution in [1.29, 1.82) is 0 Å². The van der Waals surface area contributed by atoms with E-state index in [0.717, 1.165) is 30.1 Å². The fourth-order valence-electron chi connectivity index (χ4n) is 3.82. The van der Waals surface area contributed by atoms with Gasteiger partial charge < -0.3 is 4.90 Å². The summed E-state index contributed by atoms with van der Waals surface area (Å²) < 4.78 is 42.7. The zero-order valence-electron chi connectivity index (χ0n) is 17.0. The lowest BCUT2D eigenvalue weighted by atomic mass is 10.2.